The maximum Gasteiger partial charge on any atom is 0.229 e. The van der Waals surface area contributed by atoms with Crippen molar-refractivity contribution in [3.8, 4) is 5.75 Å². The lowest BCUT2D eigenvalue weighted by Gasteiger charge is -2.38. The molecule has 0 atom stereocenters. The molecule has 5 rings (SSSR count). The number of piperazine rings is 1. The average Bonchev–Trinajstić information content (AvgIpc) is 2.85. The van der Waals surface area contributed by atoms with E-state index in [0.717, 1.165) is 61.2 Å². The Morgan fingerprint density at radius 1 is 1.12 bits per heavy atom. The fourth-order valence-electron chi connectivity index (χ4n) is 5.22. The molecule has 176 valence electrons. The van der Waals surface area contributed by atoms with Crippen molar-refractivity contribution in [3.05, 3.63) is 35.5 Å². The van der Waals surface area contributed by atoms with Crippen LogP contribution in [0.5, 0.6) is 5.75 Å². The van der Waals surface area contributed by atoms with Crippen LogP contribution in [0.25, 0.3) is 6.08 Å². The molecule has 0 spiro atoms. The Balaban J connectivity index is 1.42. The zero-order valence-electron chi connectivity index (χ0n) is 21.1. The van der Waals surface area contributed by atoms with Crippen LogP contribution in [0.15, 0.2) is 29.9 Å². The van der Waals surface area contributed by atoms with Gasteiger partial charge in [-0.25, -0.2) is 4.98 Å². The highest BCUT2D eigenvalue weighted by Gasteiger charge is 2.27. The number of fused-ring (bicyclic) bond motifs is 1. The van der Waals surface area contributed by atoms with E-state index in [1.807, 2.05) is 6.07 Å². The van der Waals surface area contributed by atoms with Crippen molar-refractivity contribution in [1.29, 1.82) is 0 Å². The molecule has 1 aromatic heterocycles. The van der Waals surface area contributed by atoms with E-state index in [1.54, 1.807) is 7.11 Å². The molecule has 7 heteroatoms. The van der Waals surface area contributed by atoms with Crippen LogP contribution in [-0.4, -0.2) is 67.8 Å². The molecular weight excluding hydrogens is 412 g/mol. The highest BCUT2D eigenvalue weighted by molar-refractivity contribution is 5.73. The van der Waals surface area contributed by atoms with Gasteiger partial charge in [0.05, 0.1) is 14.2 Å². The first-order chi connectivity index (χ1) is 16.5. The van der Waals surface area contributed by atoms with E-state index >= 15 is 0 Å². The molecule has 1 aromatic carbocycles. The Bertz CT molecular complexity index is 1060. The number of aromatic nitrogens is 2. The first kappa shape index (κ1) is 20.8. The van der Waals surface area contributed by atoms with Gasteiger partial charge in [0.1, 0.15) is 11.6 Å². The SMILES string of the molecule is [2H]c1nc(Nc2ccc(N3CCN(C)CC3)cc2OC)nc2c1C=C(C)CN2C1CCCCC1. The van der Waals surface area contributed by atoms with Crippen LogP contribution < -0.4 is 19.9 Å². The molecule has 2 aliphatic heterocycles. The van der Waals surface area contributed by atoms with Crippen molar-refractivity contribution in [1.82, 2.24) is 14.9 Å². The number of nitrogens with one attached hydrogen (secondary N) is 1. The van der Waals surface area contributed by atoms with Gasteiger partial charge in [-0.05, 0) is 45.0 Å². The molecule has 1 saturated heterocycles. The Morgan fingerprint density at radius 3 is 2.67 bits per heavy atom. The lowest BCUT2D eigenvalue weighted by Crippen LogP contribution is -2.44. The topological polar surface area (TPSA) is 56.8 Å². The normalized spacial score (nSPS) is 20.2. The molecule has 7 nitrogen and oxygen atoms in total. The maximum atomic E-state index is 8.63. The third-order valence-corrected chi connectivity index (χ3v) is 7.13. The molecule has 0 radical (unpaired) electrons. The molecular formula is C26H36N6O. The quantitative estimate of drug-likeness (QED) is 0.719. The molecule has 2 aromatic rings. The van der Waals surface area contributed by atoms with Crippen LogP contribution in [0.4, 0.5) is 23.1 Å². The molecule has 1 aliphatic carbocycles. The predicted molar refractivity (Wildman–Crippen MR) is 136 cm³/mol. The minimum absolute atomic E-state index is 0.264. The summed E-state index contributed by atoms with van der Waals surface area (Å²) in [6, 6.07) is 6.71. The summed E-state index contributed by atoms with van der Waals surface area (Å²) in [5.41, 5.74) is 4.06. The molecule has 0 amide bonds. The lowest BCUT2D eigenvalue weighted by atomic mass is 9.92. The van der Waals surface area contributed by atoms with Gasteiger partial charge in [0.15, 0.2) is 0 Å². The summed E-state index contributed by atoms with van der Waals surface area (Å²) in [5, 5.41) is 3.34. The van der Waals surface area contributed by atoms with E-state index < -0.39 is 0 Å². The first-order valence-electron chi connectivity index (χ1n) is 12.7. The highest BCUT2D eigenvalue weighted by Crippen LogP contribution is 2.35. The van der Waals surface area contributed by atoms with Crippen LogP contribution in [-0.2, 0) is 0 Å². The monoisotopic (exact) mass is 449 g/mol. The lowest BCUT2D eigenvalue weighted by molar-refractivity contribution is 0.312. The van der Waals surface area contributed by atoms with E-state index in [2.05, 4.69) is 57.2 Å². The fourth-order valence-corrected chi connectivity index (χ4v) is 5.22. The zero-order valence-corrected chi connectivity index (χ0v) is 20.1. The van der Waals surface area contributed by atoms with E-state index in [4.69, 9.17) is 11.1 Å². The minimum atomic E-state index is 0.264. The number of rotatable bonds is 5. The van der Waals surface area contributed by atoms with Crippen molar-refractivity contribution in [2.45, 2.75) is 45.1 Å². The van der Waals surface area contributed by atoms with Gasteiger partial charge in [-0.3, -0.25) is 0 Å². The van der Waals surface area contributed by atoms with Gasteiger partial charge in [0, 0.05) is 62.3 Å². The van der Waals surface area contributed by atoms with Gasteiger partial charge in [0.25, 0.3) is 0 Å². The number of ether oxygens (including phenoxy) is 1. The summed E-state index contributed by atoms with van der Waals surface area (Å²) in [6.45, 7) is 7.14. The van der Waals surface area contributed by atoms with Crippen LogP contribution in [0.3, 0.4) is 0 Å². The number of nitrogens with zero attached hydrogens (tertiary/aromatic N) is 5. The number of methoxy groups -OCH3 is 1. The molecule has 0 unspecified atom stereocenters. The van der Waals surface area contributed by atoms with Crippen molar-refractivity contribution in [2.75, 3.05) is 62.0 Å². The Kier molecular flexibility index (Phi) is 6.04. The van der Waals surface area contributed by atoms with E-state index in [1.165, 1.54) is 37.7 Å². The number of hydrogen-bond acceptors (Lipinski definition) is 7. The fraction of sp³-hybridized carbons (Fsp3) is 0.538. The number of anilines is 4. The van der Waals surface area contributed by atoms with Crippen molar-refractivity contribution in [3.63, 3.8) is 0 Å². The number of likely N-dealkylation sites (N-methyl/N-ethyl adjacent to an activating group) is 1. The van der Waals surface area contributed by atoms with E-state index in [9.17, 15) is 0 Å². The Hall–Kier alpha value is -2.80. The second kappa shape index (κ2) is 9.59. The number of benzene rings is 1. The minimum Gasteiger partial charge on any atom is -0.494 e. The summed E-state index contributed by atoms with van der Waals surface area (Å²) in [5.74, 6) is 2.08. The van der Waals surface area contributed by atoms with Crippen molar-refractivity contribution < 1.29 is 6.11 Å². The van der Waals surface area contributed by atoms with Crippen LogP contribution in [0.2, 0.25) is 0 Å². The largest absolute Gasteiger partial charge is 0.494 e. The standard InChI is InChI=1S/C26H36N6O/c1-19-15-20-17-27-26(29-25(20)32(18-19)21-7-5-4-6-8-21)28-23-10-9-22(16-24(23)33-3)31-13-11-30(2)12-14-31/h9-10,15-17,21H,4-8,11-14,18H2,1-3H3,(H,27,28,29)/i17D. The summed E-state index contributed by atoms with van der Waals surface area (Å²) < 4.78 is 14.3. The van der Waals surface area contributed by atoms with Gasteiger partial charge in [0.2, 0.25) is 5.95 Å². The number of hydrogen-bond donors (Lipinski definition) is 1. The van der Waals surface area contributed by atoms with Gasteiger partial charge >= 0.3 is 0 Å². The molecule has 0 bridgehead atoms. The molecule has 2 fully saturated rings. The summed E-state index contributed by atoms with van der Waals surface area (Å²) in [4.78, 5) is 16.6. The van der Waals surface area contributed by atoms with Crippen LogP contribution in [0, 0.1) is 0 Å². The van der Waals surface area contributed by atoms with E-state index in [0.29, 0.717) is 12.0 Å². The van der Waals surface area contributed by atoms with Crippen LogP contribution >= 0.6 is 0 Å². The molecule has 3 aliphatic rings. The molecule has 1 N–H and O–H groups in total. The first-order valence-corrected chi connectivity index (χ1v) is 12.2. The van der Waals surface area contributed by atoms with Gasteiger partial charge in [-0.15, -0.1) is 0 Å². The summed E-state index contributed by atoms with van der Waals surface area (Å²) in [7, 11) is 3.85. The smallest absolute Gasteiger partial charge is 0.229 e. The predicted octanol–water partition coefficient (Wildman–Crippen LogP) is 4.54. The summed E-state index contributed by atoms with van der Waals surface area (Å²) >= 11 is 0. The maximum absolute atomic E-state index is 8.63. The van der Waals surface area contributed by atoms with Gasteiger partial charge in [-0.1, -0.05) is 24.8 Å². The Morgan fingerprint density at radius 2 is 1.91 bits per heavy atom. The average molecular weight is 450 g/mol. The zero-order chi connectivity index (χ0) is 23.7. The van der Waals surface area contributed by atoms with Crippen molar-refractivity contribution in [2.24, 2.45) is 0 Å². The highest BCUT2D eigenvalue weighted by atomic mass is 16.5. The van der Waals surface area contributed by atoms with Crippen molar-refractivity contribution >= 4 is 29.2 Å². The third-order valence-electron chi connectivity index (χ3n) is 7.13. The molecule has 33 heavy (non-hydrogen) atoms. The van der Waals surface area contributed by atoms with Gasteiger partial charge < -0.3 is 24.8 Å². The molecule has 3 heterocycles. The summed E-state index contributed by atoms with van der Waals surface area (Å²) in [6.07, 6.45) is 8.56. The van der Waals surface area contributed by atoms with Crippen LogP contribution in [0.1, 0.15) is 46.0 Å². The second-order valence-corrected chi connectivity index (χ2v) is 9.61. The third kappa shape index (κ3) is 4.78. The van der Waals surface area contributed by atoms with E-state index in [-0.39, 0.29) is 6.17 Å². The Labute approximate surface area is 198 Å². The molecule has 1 saturated carbocycles. The van der Waals surface area contributed by atoms with Gasteiger partial charge in [-0.2, -0.15) is 4.98 Å². The second-order valence-electron chi connectivity index (χ2n) is 9.61.